The Bertz CT molecular complexity index is 1270. The Hall–Kier alpha value is -3.44. The fraction of sp³-hybridized carbons (Fsp3) is 0.562. The molecule has 2 aromatic rings. The minimum atomic E-state index is -0.507. The van der Waals surface area contributed by atoms with Crippen LogP contribution < -0.4 is 20.1 Å². The normalized spacial score (nSPS) is 17.4. The van der Waals surface area contributed by atoms with Crippen LogP contribution in [-0.4, -0.2) is 62.1 Å². The van der Waals surface area contributed by atoms with Crippen LogP contribution in [0, 0.1) is 0 Å². The summed E-state index contributed by atoms with van der Waals surface area (Å²) in [4.78, 5) is 52.5. The number of Topliss-reactive ketones (excluding diaryl/α,β-unsaturated/α-hetero) is 1. The van der Waals surface area contributed by atoms with Crippen LogP contribution in [0.3, 0.4) is 0 Å². The van der Waals surface area contributed by atoms with E-state index in [1.807, 2.05) is 6.07 Å². The number of ether oxygens (including phenoxy) is 4. The lowest BCUT2D eigenvalue weighted by molar-refractivity contribution is -0.154. The van der Waals surface area contributed by atoms with Gasteiger partial charge < -0.3 is 29.6 Å². The van der Waals surface area contributed by atoms with Gasteiger partial charge in [-0.1, -0.05) is 12.8 Å². The van der Waals surface area contributed by atoms with E-state index >= 15 is 0 Å². The number of ketones is 1. The fourth-order valence-corrected chi connectivity index (χ4v) is 6.80. The smallest absolute Gasteiger partial charge is 0.344 e. The number of fused-ring (bicyclic) bond motifs is 1. The molecule has 1 amide bonds. The van der Waals surface area contributed by atoms with Crippen molar-refractivity contribution in [3.63, 3.8) is 0 Å². The molecule has 2 fully saturated rings. The minimum absolute atomic E-state index is 0.0957. The van der Waals surface area contributed by atoms with Crippen LogP contribution in [0.2, 0.25) is 0 Å². The van der Waals surface area contributed by atoms with Gasteiger partial charge in [0.15, 0.2) is 30.5 Å². The monoisotopic (exact) mass is 612 g/mol. The van der Waals surface area contributed by atoms with Crippen molar-refractivity contribution in [3.05, 3.63) is 45.1 Å². The summed E-state index contributed by atoms with van der Waals surface area (Å²) in [5.74, 6) is -1.30. The molecule has 1 aromatic carbocycles. The van der Waals surface area contributed by atoms with Gasteiger partial charge in [0.2, 0.25) is 0 Å². The third-order valence-electron chi connectivity index (χ3n) is 8.03. The summed E-state index contributed by atoms with van der Waals surface area (Å²) in [5, 5.41) is 6.00. The number of rotatable bonds is 12. The maximum Gasteiger partial charge on any atom is 0.344 e. The molecule has 2 saturated carbocycles. The van der Waals surface area contributed by atoms with E-state index in [9.17, 15) is 19.2 Å². The molecule has 0 atom stereocenters. The fourth-order valence-electron chi connectivity index (χ4n) is 5.71. The number of hydrogen-bond acceptors (Lipinski definition) is 10. The van der Waals surface area contributed by atoms with Crippen LogP contribution in [0.1, 0.15) is 94.7 Å². The number of nitrogens with one attached hydrogen (secondary N) is 2. The first kappa shape index (κ1) is 31.0. The van der Waals surface area contributed by atoms with Crippen LogP contribution in [0.5, 0.6) is 11.5 Å². The highest BCUT2D eigenvalue weighted by Gasteiger charge is 2.22. The van der Waals surface area contributed by atoms with E-state index in [0.717, 1.165) is 89.3 Å². The van der Waals surface area contributed by atoms with Crippen LogP contribution in [0.4, 0.5) is 0 Å². The van der Waals surface area contributed by atoms with E-state index in [-0.39, 0.29) is 60.7 Å². The van der Waals surface area contributed by atoms with Gasteiger partial charge in [-0.25, -0.2) is 9.59 Å². The molecule has 11 heteroatoms. The van der Waals surface area contributed by atoms with Crippen molar-refractivity contribution in [2.24, 2.45) is 0 Å². The van der Waals surface area contributed by atoms with Crippen LogP contribution >= 0.6 is 11.3 Å². The van der Waals surface area contributed by atoms with Gasteiger partial charge in [-0.05, 0) is 87.6 Å². The third-order valence-corrected chi connectivity index (χ3v) is 9.27. The minimum Gasteiger partial charge on any atom is -0.478 e. The Morgan fingerprint density at radius 3 is 2.07 bits per heavy atom. The van der Waals surface area contributed by atoms with E-state index in [1.165, 1.54) is 28.3 Å². The second-order valence-electron chi connectivity index (χ2n) is 11.3. The Morgan fingerprint density at radius 2 is 1.44 bits per heavy atom. The summed E-state index contributed by atoms with van der Waals surface area (Å²) in [5.41, 5.74) is 1.39. The second kappa shape index (κ2) is 15.3. The molecule has 2 aliphatic carbocycles. The molecule has 1 aliphatic heterocycles. The molecule has 0 radical (unpaired) electrons. The Kier molecular flexibility index (Phi) is 11.1. The van der Waals surface area contributed by atoms with Crippen molar-refractivity contribution >= 4 is 35.0 Å². The molecule has 3 aliphatic rings. The first-order valence-corrected chi connectivity index (χ1v) is 16.2. The first-order chi connectivity index (χ1) is 20.9. The van der Waals surface area contributed by atoms with E-state index in [0.29, 0.717) is 4.88 Å². The second-order valence-corrected chi connectivity index (χ2v) is 12.5. The highest BCUT2D eigenvalue weighted by atomic mass is 32.1. The maximum absolute atomic E-state index is 13.0. The maximum atomic E-state index is 13.0. The van der Waals surface area contributed by atoms with Gasteiger partial charge in [0.25, 0.3) is 5.91 Å². The summed E-state index contributed by atoms with van der Waals surface area (Å²) in [6.45, 7) is 0.713. The van der Waals surface area contributed by atoms with Gasteiger partial charge in [0, 0.05) is 23.5 Å². The predicted octanol–water partition coefficient (Wildman–Crippen LogP) is 4.52. The van der Waals surface area contributed by atoms with Gasteiger partial charge in [-0.2, -0.15) is 0 Å². The lowest BCUT2D eigenvalue weighted by atomic mass is 9.98. The topological polar surface area (TPSA) is 129 Å². The number of carbonyl (C=O) groups is 4. The Balaban J connectivity index is 1.20. The molecular weight excluding hydrogens is 572 g/mol. The van der Waals surface area contributed by atoms with Gasteiger partial charge in [-0.3, -0.25) is 9.59 Å². The molecule has 10 nitrogen and oxygen atoms in total. The van der Waals surface area contributed by atoms with Crippen molar-refractivity contribution in [2.75, 3.05) is 26.3 Å². The number of benzene rings is 1. The van der Waals surface area contributed by atoms with E-state index in [4.69, 9.17) is 18.9 Å². The van der Waals surface area contributed by atoms with Gasteiger partial charge in [0.05, 0.1) is 11.4 Å². The SMILES string of the molecule is O=C(COc1ccc(C(=O)CNC(=O)c2cc3c(s2)CCNC3)cc1OCC(=O)OC1CCCCC1)OC1CCCCC1. The van der Waals surface area contributed by atoms with Crippen molar-refractivity contribution in [1.29, 1.82) is 0 Å². The highest BCUT2D eigenvalue weighted by molar-refractivity contribution is 7.14. The van der Waals surface area contributed by atoms with Crippen molar-refractivity contribution in [2.45, 2.75) is 89.4 Å². The van der Waals surface area contributed by atoms with Gasteiger partial charge >= 0.3 is 11.9 Å². The van der Waals surface area contributed by atoms with Crippen LogP contribution in [0.25, 0.3) is 0 Å². The zero-order chi connectivity index (χ0) is 30.0. The zero-order valence-corrected chi connectivity index (χ0v) is 25.3. The quantitative estimate of drug-likeness (QED) is 0.263. The van der Waals surface area contributed by atoms with Crippen molar-refractivity contribution in [3.8, 4) is 11.5 Å². The zero-order valence-electron chi connectivity index (χ0n) is 24.5. The number of esters is 2. The molecule has 2 N–H and O–H groups in total. The molecule has 1 aromatic heterocycles. The molecule has 0 unspecified atom stereocenters. The van der Waals surface area contributed by atoms with Crippen molar-refractivity contribution < 1.29 is 38.1 Å². The number of thiophene rings is 1. The van der Waals surface area contributed by atoms with Crippen molar-refractivity contribution in [1.82, 2.24) is 10.6 Å². The molecule has 0 bridgehead atoms. The number of amides is 1. The average Bonchev–Trinajstić information content (AvgIpc) is 3.47. The van der Waals surface area contributed by atoms with E-state index in [2.05, 4.69) is 10.6 Å². The highest BCUT2D eigenvalue weighted by Crippen LogP contribution is 2.30. The standard InChI is InChI=1S/C32H40N2O8S/c35-25(18-34-32(38)29-16-22-17-33-14-13-28(22)43-29)21-11-12-26(39-19-30(36)41-23-7-3-1-4-8-23)27(15-21)40-20-31(37)42-24-9-5-2-6-10-24/h11-12,15-16,23-24,33H,1-10,13-14,17-20H2,(H,34,38). The number of carbonyl (C=O) groups excluding carboxylic acids is 4. The molecule has 2 heterocycles. The first-order valence-electron chi connectivity index (χ1n) is 15.4. The molecular formula is C32H40N2O8S. The Labute approximate surface area is 255 Å². The summed E-state index contributed by atoms with van der Waals surface area (Å²) in [6.07, 6.45) is 10.5. The third kappa shape index (κ3) is 9.03. The predicted molar refractivity (Wildman–Crippen MR) is 160 cm³/mol. The molecule has 5 rings (SSSR count). The van der Waals surface area contributed by atoms with Gasteiger partial charge in [-0.15, -0.1) is 11.3 Å². The van der Waals surface area contributed by atoms with E-state index in [1.54, 1.807) is 6.07 Å². The molecule has 0 saturated heterocycles. The summed E-state index contributed by atoms with van der Waals surface area (Å²) in [6, 6.07) is 6.39. The van der Waals surface area contributed by atoms with Gasteiger partial charge in [0.1, 0.15) is 12.2 Å². The summed E-state index contributed by atoms with van der Waals surface area (Å²) in [7, 11) is 0. The largest absolute Gasteiger partial charge is 0.478 e. The number of hydrogen-bond donors (Lipinski definition) is 2. The summed E-state index contributed by atoms with van der Waals surface area (Å²) < 4.78 is 22.6. The summed E-state index contributed by atoms with van der Waals surface area (Å²) >= 11 is 1.45. The van der Waals surface area contributed by atoms with E-state index < -0.39 is 11.9 Å². The van der Waals surface area contributed by atoms with Crippen LogP contribution in [0.15, 0.2) is 24.3 Å². The molecule has 43 heavy (non-hydrogen) atoms. The lowest BCUT2D eigenvalue weighted by Gasteiger charge is -2.22. The Morgan fingerprint density at radius 1 is 0.814 bits per heavy atom. The molecule has 232 valence electrons. The average molecular weight is 613 g/mol. The molecule has 0 spiro atoms. The lowest BCUT2D eigenvalue weighted by Crippen LogP contribution is -2.29. The van der Waals surface area contributed by atoms with Crippen LogP contribution in [-0.2, 0) is 32.0 Å².